The molecule has 4 heterocycles. The Hall–Kier alpha value is -4.04. The van der Waals surface area contributed by atoms with Crippen molar-refractivity contribution in [3.63, 3.8) is 0 Å². The first-order valence-corrected chi connectivity index (χ1v) is 12.4. The summed E-state index contributed by atoms with van der Waals surface area (Å²) in [5.74, 6) is -0.0471. The van der Waals surface area contributed by atoms with E-state index in [9.17, 15) is 4.79 Å². The standard InChI is InChI=1S/C28H28N6OS/c1-20-7-4-9-22(17-20)31-25(35)12-16-34-27(26(32-28(34)36)23-10-2-3-14-30-23)24-11-6-15-33(24)19-21-8-5-13-29-18-21/h2-11,13-15,17-18,26-27H,12,16,19H2,1H3,(H,31,35)(H,32,36). The van der Waals surface area contributed by atoms with Gasteiger partial charge in [-0.05, 0) is 72.7 Å². The summed E-state index contributed by atoms with van der Waals surface area (Å²) in [6, 6.07) is 21.6. The van der Waals surface area contributed by atoms with E-state index in [-0.39, 0.29) is 18.0 Å². The van der Waals surface area contributed by atoms with Gasteiger partial charge in [-0.1, -0.05) is 24.3 Å². The van der Waals surface area contributed by atoms with Crippen LogP contribution in [0.15, 0.2) is 91.5 Å². The van der Waals surface area contributed by atoms with Crippen LogP contribution in [0.5, 0.6) is 0 Å². The molecule has 182 valence electrons. The van der Waals surface area contributed by atoms with E-state index in [1.807, 2.05) is 67.7 Å². The maximum absolute atomic E-state index is 12.8. The van der Waals surface area contributed by atoms with Gasteiger partial charge in [-0.3, -0.25) is 14.8 Å². The van der Waals surface area contributed by atoms with Gasteiger partial charge in [-0.25, -0.2) is 0 Å². The van der Waals surface area contributed by atoms with Crippen molar-refractivity contribution in [2.45, 2.75) is 32.0 Å². The van der Waals surface area contributed by atoms with Crippen LogP contribution in [0.3, 0.4) is 0 Å². The van der Waals surface area contributed by atoms with E-state index >= 15 is 0 Å². The van der Waals surface area contributed by atoms with Crippen molar-refractivity contribution in [2.75, 3.05) is 11.9 Å². The van der Waals surface area contributed by atoms with E-state index in [1.54, 1.807) is 12.4 Å². The predicted octanol–water partition coefficient (Wildman–Crippen LogP) is 4.64. The molecule has 1 aromatic carbocycles. The third-order valence-corrected chi connectivity index (χ3v) is 6.68. The molecule has 2 N–H and O–H groups in total. The Morgan fingerprint density at radius 1 is 1.08 bits per heavy atom. The summed E-state index contributed by atoms with van der Waals surface area (Å²) in [4.78, 5) is 23.8. The molecule has 1 amide bonds. The lowest BCUT2D eigenvalue weighted by Gasteiger charge is -2.29. The molecule has 7 nitrogen and oxygen atoms in total. The number of hydrogen-bond acceptors (Lipinski definition) is 4. The van der Waals surface area contributed by atoms with Crippen LogP contribution < -0.4 is 10.6 Å². The molecular weight excluding hydrogens is 468 g/mol. The molecule has 4 aromatic rings. The van der Waals surface area contributed by atoms with Crippen LogP contribution in [0.2, 0.25) is 0 Å². The van der Waals surface area contributed by atoms with E-state index in [0.717, 1.165) is 28.2 Å². The summed E-state index contributed by atoms with van der Waals surface area (Å²) in [5.41, 5.74) is 5.02. The average molecular weight is 497 g/mol. The Bertz CT molecular complexity index is 1340. The van der Waals surface area contributed by atoms with Gasteiger partial charge in [0.1, 0.15) is 0 Å². The second-order valence-corrected chi connectivity index (χ2v) is 9.30. The van der Waals surface area contributed by atoms with Crippen molar-refractivity contribution in [3.05, 3.63) is 114 Å². The van der Waals surface area contributed by atoms with Crippen molar-refractivity contribution in [1.82, 2.24) is 24.8 Å². The average Bonchev–Trinajstić information content (AvgIpc) is 3.47. The molecule has 5 rings (SSSR count). The van der Waals surface area contributed by atoms with Crippen molar-refractivity contribution < 1.29 is 4.79 Å². The van der Waals surface area contributed by atoms with Crippen LogP contribution in [0.25, 0.3) is 0 Å². The van der Waals surface area contributed by atoms with Crippen LogP contribution in [0, 0.1) is 6.92 Å². The predicted molar refractivity (Wildman–Crippen MR) is 144 cm³/mol. The number of rotatable bonds is 8. The Kier molecular flexibility index (Phi) is 7.04. The highest BCUT2D eigenvalue weighted by molar-refractivity contribution is 7.80. The lowest BCUT2D eigenvalue weighted by atomic mass is 10.0. The zero-order chi connectivity index (χ0) is 24.9. The number of aryl methyl sites for hydroxylation is 1. The number of aromatic nitrogens is 3. The Morgan fingerprint density at radius 2 is 2.00 bits per heavy atom. The highest BCUT2D eigenvalue weighted by atomic mass is 32.1. The SMILES string of the molecule is Cc1cccc(NC(=O)CCN2C(=S)NC(c3ccccn3)C2c2cccn2Cc2cccnc2)c1. The minimum atomic E-state index is -0.138. The van der Waals surface area contributed by atoms with E-state index in [1.165, 1.54) is 0 Å². The second-order valence-electron chi connectivity index (χ2n) is 8.91. The number of carbonyl (C=O) groups excluding carboxylic acids is 1. The fourth-order valence-corrected chi connectivity index (χ4v) is 5.00. The first-order valence-electron chi connectivity index (χ1n) is 12.0. The van der Waals surface area contributed by atoms with Gasteiger partial charge in [0.2, 0.25) is 5.91 Å². The lowest BCUT2D eigenvalue weighted by Crippen LogP contribution is -2.33. The van der Waals surface area contributed by atoms with Gasteiger partial charge < -0.3 is 20.1 Å². The van der Waals surface area contributed by atoms with Gasteiger partial charge in [-0.2, -0.15) is 0 Å². The van der Waals surface area contributed by atoms with Crippen molar-refractivity contribution >= 4 is 28.9 Å². The maximum Gasteiger partial charge on any atom is 0.226 e. The monoisotopic (exact) mass is 496 g/mol. The minimum Gasteiger partial charge on any atom is -0.352 e. The largest absolute Gasteiger partial charge is 0.352 e. The number of hydrogen-bond donors (Lipinski definition) is 2. The smallest absolute Gasteiger partial charge is 0.226 e. The van der Waals surface area contributed by atoms with Crippen LogP contribution >= 0.6 is 12.2 Å². The number of thiocarbonyl (C=S) groups is 1. The number of pyridine rings is 2. The topological polar surface area (TPSA) is 75.1 Å². The number of benzene rings is 1. The summed E-state index contributed by atoms with van der Waals surface area (Å²) < 4.78 is 2.22. The molecular formula is C28H28N6OS. The molecule has 0 saturated carbocycles. The van der Waals surface area contributed by atoms with Crippen LogP contribution in [0.4, 0.5) is 5.69 Å². The molecule has 0 spiro atoms. The van der Waals surface area contributed by atoms with E-state index < -0.39 is 0 Å². The van der Waals surface area contributed by atoms with Gasteiger partial charge in [0, 0.05) is 55.7 Å². The van der Waals surface area contributed by atoms with E-state index in [2.05, 4.69) is 48.4 Å². The normalized spacial score (nSPS) is 17.1. The number of nitrogens with zero attached hydrogens (tertiary/aromatic N) is 4. The van der Waals surface area contributed by atoms with E-state index in [4.69, 9.17) is 12.2 Å². The lowest BCUT2D eigenvalue weighted by molar-refractivity contribution is -0.116. The summed E-state index contributed by atoms with van der Waals surface area (Å²) in [6.45, 7) is 3.18. The molecule has 2 atom stereocenters. The molecule has 3 aromatic heterocycles. The fraction of sp³-hybridized carbons (Fsp3) is 0.214. The third-order valence-electron chi connectivity index (χ3n) is 6.32. The molecule has 1 fully saturated rings. The Labute approximate surface area is 216 Å². The van der Waals surface area contributed by atoms with Crippen molar-refractivity contribution in [1.29, 1.82) is 0 Å². The van der Waals surface area contributed by atoms with Gasteiger partial charge in [0.25, 0.3) is 0 Å². The number of anilines is 1. The summed E-state index contributed by atoms with van der Waals surface area (Å²) in [7, 11) is 0. The molecule has 0 bridgehead atoms. The number of amides is 1. The molecule has 36 heavy (non-hydrogen) atoms. The highest BCUT2D eigenvalue weighted by Crippen LogP contribution is 2.39. The third kappa shape index (κ3) is 5.28. The summed E-state index contributed by atoms with van der Waals surface area (Å²) in [5, 5.41) is 7.09. The number of nitrogens with one attached hydrogen (secondary N) is 2. The van der Waals surface area contributed by atoms with E-state index in [0.29, 0.717) is 24.6 Å². The van der Waals surface area contributed by atoms with Crippen LogP contribution in [-0.2, 0) is 11.3 Å². The number of carbonyl (C=O) groups is 1. The second kappa shape index (κ2) is 10.7. The fourth-order valence-electron chi connectivity index (χ4n) is 4.66. The molecule has 1 aliphatic heterocycles. The minimum absolute atomic E-state index is 0.0471. The molecule has 0 aliphatic carbocycles. The molecule has 0 radical (unpaired) electrons. The highest BCUT2D eigenvalue weighted by Gasteiger charge is 2.41. The first kappa shape index (κ1) is 23.7. The Morgan fingerprint density at radius 3 is 2.78 bits per heavy atom. The summed E-state index contributed by atoms with van der Waals surface area (Å²) >= 11 is 5.78. The summed E-state index contributed by atoms with van der Waals surface area (Å²) in [6.07, 6.45) is 7.83. The van der Waals surface area contributed by atoms with Gasteiger partial charge in [-0.15, -0.1) is 0 Å². The maximum atomic E-state index is 12.8. The molecule has 2 unspecified atom stereocenters. The molecule has 1 saturated heterocycles. The van der Waals surface area contributed by atoms with Crippen molar-refractivity contribution in [2.24, 2.45) is 0 Å². The van der Waals surface area contributed by atoms with Crippen LogP contribution in [0.1, 0.15) is 41.0 Å². The quantitative estimate of drug-likeness (QED) is 0.346. The van der Waals surface area contributed by atoms with Gasteiger partial charge in [0.05, 0.1) is 17.8 Å². The first-order chi connectivity index (χ1) is 17.6. The molecule has 8 heteroatoms. The van der Waals surface area contributed by atoms with Gasteiger partial charge in [0.15, 0.2) is 5.11 Å². The van der Waals surface area contributed by atoms with Crippen LogP contribution in [-0.4, -0.2) is 37.0 Å². The van der Waals surface area contributed by atoms with Crippen molar-refractivity contribution in [3.8, 4) is 0 Å². The zero-order valence-electron chi connectivity index (χ0n) is 20.0. The van der Waals surface area contributed by atoms with Gasteiger partial charge >= 0.3 is 0 Å². The Balaban J connectivity index is 1.40. The zero-order valence-corrected chi connectivity index (χ0v) is 20.9. The molecule has 1 aliphatic rings.